The van der Waals surface area contributed by atoms with Gasteiger partial charge in [0.15, 0.2) is 0 Å². The third-order valence-electron chi connectivity index (χ3n) is 2.62. The third kappa shape index (κ3) is 2.51. The van der Waals surface area contributed by atoms with E-state index in [1.807, 2.05) is 0 Å². The van der Waals surface area contributed by atoms with Crippen molar-refractivity contribution in [3.05, 3.63) is 33.9 Å². The smallest absolute Gasteiger partial charge is 0.177 e. The van der Waals surface area contributed by atoms with Crippen LogP contribution in [0.1, 0.15) is 27.8 Å². The van der Waals surface area contributed by atoms with Gasteiger partial charge in [0.25, 0.3) is 0 Å². The Bertz CT molecular complexity index is 261. The number of hydrogen-bond acceptors (Lipinski definition) is 0. The van der Waals surface area contributed by atoms with Crippen molar-refractivity contribution in [3.8, 4) is 0 Å². The van der Waals surface area contributed by atoms with Crippen molar-refractivity contribution in [1.82, 2.24) is 0 Å². The maximum atomic E-state index is 3.35. The van der Waals surface area contributed by atoms with Gasteiger partial charge in [-0.15, -0.1) is 0 Å². The summed E-state index contributed by atoms with van der Waals surface area (Å²) in [5, 5.41) is 0. The molecule has 60 valence electrons. The fourth-order valence-corrected chi connectivity index (χ4v) is 1.31. The molecule has 0 amide bonds. The first-order valence-corrected chi connectivity index (χ1v) is 4.00. The molecule has 0 saturated carbocycles. The standard InChI is InChI=1S/C11H15.Rb/c1-7-6-8(2)10(4)11(5)9(7)3;/h1-5H3;/q-1;+1. The fourth-order valence-electron chi connectivity index (χ4n) is 1.31. The fraction of sp³-hybridized carbons (Fsp3) is 0.455. The van der Waals surface area contributed by atoms with Gasteiger partial charge in [-0.25, -0.2) is 0 Å². The zero-order valence-corrected chi connectivity index (χ0v) is 13.9. The van der Waals surface area contributed by atoms with Gasteiger partial charge in [0.2, 0.25) is 0 Å². The minimum absolute atomic E-state index is 0. The summed E-state index contributed by atoms with van der Waals surface area (Å²) in [5.74, 6) is 0. The van der Waals surface area contributed by atoms with E-state index in [4.69, 9.17) is 0 Å². The van der Waals surface area contributed by atoms with E-state index < -0.39 is 0 Å². The summed E-state index contributed by atoms with van der Waals surface area (Å²) in [7, 11) is 0. The van der Waals surface area contributed by atoms with Crippen LogP contribution in [0.25, 0.3) is 0 Å². The molecule has 0 spiro atoms. The van der Waals surface area contributed by atoms with Gasteiger partial charge in [-0.1, -0.05) is 34.6 Å². The zero-order chi connectivity index (χ0) is 8.59. The van der Waals surface area contributed by atoms with Gasteiger partial charge in [0, 0.05) is 0 Å². The molecule has 0 fully saturated rings. The predicted octanol–water partition coefficient (Wildman–Crippen LogP) is 0.0329. The maximum absolute atomic E-state index is 3.35. The van der Waals surface area contributed by atoms with Crippen LogP contribution in [0, 0.1) is 40.7 Å². The maximum Gasteiger partial charge on any atom is 1.00 e. The molecule has 1 aromatic carbocycles. The molecule has 0 unspecified atom stereocenters. The van der Waals surface area contributed by atoms with E-state index in [-0.39, 0.29) is 58.2 Å². The van der Waals surface area contributed by atoms with Crippen LogP contribution in [0.15, 0.2) is 0 Å². The van der Waals surface area contributed by atoms with Crippen LogP contribution in [0.2, 0.25) is 0 Å². The Morgan fingerprint density at radius 3 is 1.33 bits per heavy atom. The summed E-state index contributed by atoms with van der Waals surface area (Å²) in [6, 6.07) is 3.35. The zero-order valence-electron chi connectivity index (χ0n) is 9.00. The van der Waals surface area contributed by atoms with Gasteiger partial charge in [-0.3, -0.25) is 0 Å². The topological polar surface area (TPSA) is 0 Å². The predicted molar refractivity (Wildman–Crippen MR) is 49.0 cm³/mol. The van der Waals surface area contributed by atoms with Gasteiger partial charge in [-0.2, -0.15) is 33.9 Å². The van der Waals surface area contributed by atoms with Gasteiger partial charge < -0.3 is 0 Å². The second kappa shape index (κ2) is 5.04. The SMILES string of the molecule is Cc1[c-]c(C)c(C)c(C)c1C.[Rb+]. The average molecular weight is 233 g/mol. The van der Waals surface area contributed by atoms with E-state index in [0.717, 1.165) is 0 Å². The molecule has 0 atom stereocenters. The monoisotopic (exact) mass is 232 g/mol. The van der Waals surface area contributed by atoms with Crippen molar-refractivity contribution in [3.63, 3.8) is 0 Å². The van der Waals surface area contributed by atoms with E-state index in [2.05, 4.69) is 40.7 Å². The Morgan fingerprint density at radius 2 is 1.00 bits per heavy atom. The van der Waals surface area contributed by atoms with Crippen LogP contribution < -0.4 is 58.2 Å². The second-order valence-corrected chi connectivity index (χ2v) is 3.25. The van der Waals surface area contributed by atoms with E-state index >= 15 is 0 Å². The third-order valence-corrected chi connectivity index (χ3v) is 2.62. The summed E-state index contributed by atoms with van der Waals surface area (Å²) >= 11 is 0. The van der Waals surface area contributed by atoms with Crippen LogP contribution in [0.5, 0.6) is 0 Å². The Balaban J connectivity index is 0.00000121. The first-order valence-electron chi connectivity index (χ1n) is 4.00. The summed E-state index contributed by atoms with van der Waals surface area (Å²) in [5.41, 5.74) is 6.75. The van der Waals surface area contributed by atoms with Crippen LogP contribution in [-0.2, 0) is 0 Å². The Labute approximate surface area is 125 Å². The Kier molecular flexibility index (Phi) is 5.47. The van der Waals surface area contributed by atoms with Crippen molar-refractivity contribution < 1.29 is 58.2 Å². The van der Waals surface area contributed by atoms with E-state index in [9.17, 15) is 0 Å². The van der Waals surface area contributed by atoms with Crippen LogP contribution in [0.4, 0.5) is 0 Å². The average Bonchev–Trinajstić information content (AvgIpc) is 1.97. The molecule has 0 aliphatic carbocycles. The molecule has 0 nitrogen and oxygen atoms in total. The minimum Gasteiger partial charge on any atom is -0.177 e. The number of hydrogen-bond donors (Lipinski definition) is 0. The molecular weight excluding hydrogens is 218 g/mol. The molecule has 0 radical (unpaired) electrons. The molecule has 0 bridgehead atoms. The van der Waals surface area contributed by atoms with Gasteiger partial charge in [-0.05, 0) is 0 Å². The van der Waals surface area contributed by atoms with Crippen molar-refractivity contribution in [2.45, 2.75) is 34.6 Å². The summed E-state index contributed by atoms with van der Waals surface area (Å²) in [6.45, 7) is 10.7. The largest absolute Gasteiger partial charge is 1.00 e. The van der Waals surface area contributed by atoms with E-state index in [1.54, 1.807) is 0 Å². The van der Waals surface area contributed by atoms with Gasteiger partial charge in [0.05, 0.1) is 0 Å². The Hall–Kier alpha value is 1.03. The first-order chi connectivity index (χ1) is 5.04. The van der Waals surface area contributed by atoms with Crippen molar-refractivity contribution in [2.24, 2.45) is 0 Å². The summed E-state index contributed by atoms with van der Waals surface area (Å²) in [4.78, 5) is 0. The second-order valence-electron chi connectivity index (χ2n) is 3.25. The van der Waals surface area contributed by atoms with Crippen LogP contribution >= 0.6 is 0 Å². The van der Waals surface area contributed by atoms with E-state index in [0.29, 0.717) is 0 Å². The molecule has 1 rings (SSSR count). The minimum atomic E-state index is 0. The first kappa shape index (κ1) is 13.0. The quantitative estimate of drug-likeness (QED) is 0.554. The molecule has 12 heavy (non-hydrogen) atoms. The molecule has 0 saturated heterocycles. The number of benzene rings is 1. The molecule has 0 aromatic heterocycles. The van der Waals surface area contributed by atoms with Gasteiger partial charge in [0.1, 0.15) is 0 Å². The summed E-state index contributed by atoms with van der Waals surface area (Å²) < 4.78 is 0. The van der Waals surface area contributed by atoms with Gasteiger partial charge >= 0.3 is 58.2 Å². The van der Waals surface area contributed by atoms with Crippen LogP contribution in [0.3, 0.4) is 0 Å². The molecular formula is C11H15Rb. The van der Waals surface area contributed by atoms with E-state index in [1.165, 1.54) is 27.8 Å². The number of aryl methyl sites for hydroxylation is 2. The van der Waals surface area contributed by atoms with Crippen molar-refractivity contribution in [1.29, 1.82) is 0 Å². The molecule has 0 aliphatic heterocycles. The Morgan fingerprint density at radius 1 is 0.667 bits per heavy atom. The summed E-state index contributed by atoms with van der Waals surface area (Å²) in [6.07, 6.45) is 0. The molecule has 1 aromatic rings. The molecule has 0 aliphatic rings. The number of rotatable bonds is 0. The molecule has 0 heterocycles. The molecule has 0 N–H and O–H groups in total. The van der Waals surface area contributed by atoms with Crippen LogP contribution in [-0.4, -0.2) is 0 Å². The van der Waals surface area contributed by atoms with Crippen molar-refractivity contribution in [2.75, 3.05) is 0 Å². The normalized spacial score (nSPS) is 9.42. The van der Waals surface area contributed by atoms with Crippen molar-refractivity contribution >= 4 is 0 Å². The molecule has 1 heteroatoms.